The molecule has 1 aromatic rings. The fourth-order valence-electron chi connectivity index (χ4n) is 2.67. The molecule has 1 aromatic carbocycles. The third-order valence-electron chi connectivity index (χ3n) is 4.00. The summed E-state index contributed by atoms with van der Waals surface area (Å²) in [7, 11) is 0. The lowest BCUT2D eigenvalue weighted by Gasteiger charge is -2.27. The quantitative estimate of drug-likeness (QED) is 0.824. The van der Waals surface area contributed by atoms with Gasteiger partial charge in [-0.2, -0.15) is 0 Å². The van der Waals surface area contributed by atoms with Crippen molar-refractivity contribution in [2.24, 2.45) is 0 Å². The van der Waals surface area contributed by atoms with E-state index in [1.54, 1.807) is 0 Å². The summed E-state index contributed by atoms with van der Waals surface area (Å²) in [4.78, 5) is 2.46. The van der Waals surface area contributed by atoms with Crippen LogP contribution in [0.25, 0.3) is 0 Å². The first-order chi connectivity index (χ1) is 9.33. The van der Waals surface area contributed by atoms with Crippen LogP contribution in [-0.2, 0) is 6.54 Å². The van der Waals surface area contributed by atoms with Crippen molar-refractivity contribution in [2.45, 2.75) is 39.3 Å². The highest BCUT2D eigenvalue weighted by atomic mass is 15.1. The van der Waals surface area contributed by atoms with Crippen LogP contribution in [0.4, 0.5) is 5.69 Å². The van der Waals surface area contributed by atoms with Crippen LogP contribution in [0.2, 0.25) is 0 Å². The monoisotopic (exact) mass is 261 g/mol. The van der Waals surface area contributed by atoms with Crippen LogP contribution in [0.3, 0.4) is 0 Å². The van der Waals surface area contributed by atoms with E-state index in [2.05, 4.69) is 53.6 Å². The van der Waals surface area contributed by atoms with E-state index in [0.717, 1.165) is 32.7 Å². The Kier molecular flexibility index (Phi) is 5.67. The standard InChI is InChI=1S/C16H27N3/c1-3-19(4-2)13-14-7-5-6-8-16(14)18-15-9-11-17-12-10-15/h5-8,15,17-18H,3-4,9-13H2,1-2H3. The van der Waals surface area contributed by atoms with Crippen LogP contribution in [0.5, 0.6) is 0 Å². The lowest BCUT2D eigenvalue weighted by Crippen LogP contribution is -2.35. The molecule has 1 saturated heterocycles. The second kappa shape index (κ2) is 7.51. The average Bonchev–Trinajstić information content (AvgIpc) is 2.47. The molecule has 0 radical (unpaired) electrons. The van der Waals surface area contributed by atoms with Crippen LogP contribution in [0.1, 0.15) is 32.3 Å². The molecule has 0 aromatic heterocycles. The fraction of sp³-hybridized carbons (Fsp3) is 0.625. The number of hydrogen-bond donors (Lipinski definition) is 2. The summed E-state index contributed by atoms with van der Waals surface area (Å²) in [5.41, 5.74) is 2.74. The van der Waals surface area contributed by atoms with Crippen molar-refractivity contribution in [1.82, 2.24) is 10.2 Å². The zero-order valence-electron chi connectivity index (χ0n) is 12.3. The highest BCUT2D eigenvalue weighted by molar-refractivity contribution is 5.51. The zero-order valence-corrected chi connectivity index (χ0v) is 12.3. The van der Waals surface area contributed by atoms with Crippen LogP contribution in [-0.4, -0.2) is 37.1 Å². The van der Waals surface area contributed by atoms with Crippen LogP contribution in [0, 0.1) is 0 Å². The molecule has 0 bridgehead atoms. The van der Waals surface area contributed by atoms with E-state index in [4.69, 9.17) is 0 Å². The number of para-hydroxylation sites is 1. The van der Waals surface area contributed by atoms with E-state index in [1.165, 1.54) is 24.1 Å². The molecule has 2 N–H and O–H groups in total. The maximum absolute atomic E-state index is 3.74. The molecule has 1 fully saturated rings. The topological polar surface area (TPSA) is 27.3 Å². The van der Waals surface area contributed by atoms with Crippen LogP contribution in [0.15, 0.2) is 24.3 Å². The third kappa shape index (κ3) is 4.22. The predicted molar refractivity (Wildman–Crippen MR) is 82.6 cm³/mol. The molecule has 0 aliphatic carbocycles. The lowest BCUT2D eigenvalue weighted by atomic mass is 10.0. The van der Waals surface area contributed by atoms with Gasteiger partial charge in [-0.1, -0.05) is 32.0 Å². The lowest BCUT2D eigenvalue weighted by molar-refractivity contribution is 0.296. The number of benzene rings is 1. The Bertz CT molecular complexity index is 368. The Balaban J connectivity index is 2.02. The summed E-state index contributed by atoms with van der Waals surface area (Å²) in [5, 5.41) is 7.15. The number of nitrogens with one attached hydrogen (secondary N) is 2. The Morgan fingerprint density at radius 3 is 2.53 bits per heavy atom. The summed E-state index contributed by atoms with van der Waals surface area (Å²) in [6.07, 6.45) is 2.44. The molecule has 1 heterocycles. The van der Waals surface area contributed by atoms with Crippen molar-refractivity contribution in [3.05, 3.63) is 29.8 Å². The van der Waals surface area contributed by atoms with Gasteiger partial charge in [0.2, 0.25) is 0 Å². The number of nitrogens with zero attached hydrogens (tertiary/aromatic N) is 1. The van der Waals surface area contributed by atoms with Crippen molar-refractivity contribution in [3.63, 3.8) is 0 Å². The van der Waals surface area contributed by atoms with Crippen molar-refractivity contribution in [2.75, 3.05) is 31.5 Å². The van der Waals surface area contributed by atoms with Gasteiger partial charge in [0.1, 0.15) is 0 Å². The first-order valence-electron chi connectivity index (χ1n) is 7.61. The minimum absolute atomic E-state index is 0.624. The molecule has 1 aliphatic heterocycles. The van der Waals surface area contributed by atoms with Crippen LogP contribution >= 0.6 is 0 Å². The molecule has 1 aliphatic rings. The minimum Gasteiger partial charge on any atom is -0.382 e. The summed E-state index contributed by atoms with van der Waals surface area (Å²) >= 11 is 0. The number of rotatable bonds is 6. The SMILES string of the molecule is CCN(CC)Cc1ccccc1NC1CCNCC1. The van der Waals surface area contributed by atoms with E-state index in [0.29, 0.717) is 6.04 Å². The first-order valence-corrected chi connectivity index (χ1v) is 7.61. The van der Waals surface area contributed by atoms with Gasteiger partial charge in [0.05, 0.1) is 0 Å². The smallest absolute Gasteiger partial charge is 0.0388 e. The summed E-state index contributed by atoms with van der Waals surface area (Å²) < 4.78 is 0. The Labute approximate surface area is 117 Å². The van der Waals surface area contributed by atoms with Gasteiger partial charge in [-0.15, -0.1) is 0 Å². The Hall–Kier alpha value is -1.06. The summed E-state index contributed by atoms with van der Waals surface area (Å²) in [6.45, 7) is 9.99. The molecule has 2 rings (SSSR count). The number of piperidine rings is 1. The normalized spacial score (nSPS) is 16.8. The minimum atomic E-state index is 0.624. The molecule has 0 atom stereocenters. The molecule has 0 spiro atoms. The van der Waals surface area contributed by atoms with E-state index in [1.807, 2.05) is 0 Å². The second-order valence-corrected chi connectivity index (χ2v) is 5.29. The molecular weight excluding hydrogens is 234 g/mol. The van der Waals surface area contributed by atoms with Gasteiger partial charge in [0, 0.05) is 18.3 Å². The van der Waals surface area contributed by atoms with E-state index in [9.17, 15) is 0 Å². The first kappa shape index (κ1) is 14.4. The van der Waals surface area contributed by atoms with Gasteiger partial charge < -0.3 is 10.6 Å². The Morgan fingerprint density at radius 2 is 1.84 bits per heavy atom. The third-order valence-corrected chi connectivity index (χ3v) is 4.00. The highest BCUT2D eigenvalue weighted by Gasteiger charge is 2.14. The fourth-order valence-corrected chi connectivity index (χ4v) is 2.67. The van der Waals surface area contributed by atoms with Crippen molar-refractivity contribution in [1.29, 1.82) is 0 Å². The molecule has 3 nitrogen and oxygen atoms in total. The van der Waals surface area contributed by atoms with E-state index in [-0.39, 0.29) is 0 Å². The zero-order chi connectivity index (χ0) is 13.5. The molecule has 0 unspecified atom stereocenters. The maximum atomic E-state index is 3.74. The largest absolute Gasteiger partial charge is 0.382 e. The maximum Gasteiger partial charge on any atom is 0.0388 e. The van der Waals surface area contributed by atoms with E-state index >= 15 is 0 Å². The van der Waals surface area contributed by atoms with Gasteiger partial charge in [0.25, 0.3) is 0 Å². The average molecular weight is 261 g/mol. The van der Waals surface area contributed by atoms with Crippen molar-refractivity contribution >= 4 is 5.69 Å². The van der Waals surface area contributed by atoms with Gasteiger partial charge in [-0.05, 0) is 50.7 Å². The number of anilines is 1. The molecule has 19 heavy (non-hydrogen) atoms. The molecule has 0 saturated carbocycles. The highest BCUT2D eigenvalue weighted by Crippen LogP contribution is 2.20. The molecule has 0 amide bonds. The van der Waals surface area contributed by atoms with Gasteiger partial charge >= 0.3 is 0 Å². The van der Waals surface area contributed by atoms with Gasteiger partial charge in [-0.3, -0.25) is 4.90 Å². The van der Waals surface area contributed by atoms with Crippen LogP contribution < -0.4 is 10.6 Å². The summed E-state index contributed by atoms with van der Waals surface area (Å²) in [6, 6.07) is 9.38. The van der Waals surface area contributed by atoms with Gasteiger partial charge in [0.15, 0.2) is 0 Å². The predicted octanol–water partition coefficient (Wildman–Crippen LogP) is 2.69. The Morgan fingerprint density at radius 1 is 1.16 bits per heavy atom. The van der Waals surface area contributed by atoms with E-state index < -0.39 is 0 Å². The van der Waals surface area contributed by atoms with Crippen molar-refractivity contribution < 1.29 is 0 Å². The second-order valence-electron chi connectivity index (χ2n) is 5.29. The molecular formula is C16H27N3. The van der Waals surface area contributed by atoms with Gasteiger partial charge in [-0.25, -0.2) is 0 Å². The molecule has 3 heteroatoms. The van der Waals surface area contributed by atoms with Crippen molar-refractivity contribution in [3.8, 4) is 0 Å². The summed E-state index contributed by atoms with van der Waals surface area (Å²) in [5.74, 6) is 0. The molecule has 106 valence electrons. The number of hydrogen-bond acceptors (Lipinski definition) is 3.